The predicted octanol–water partition coefficient (Wildman–Crippen LogP) is 2.67. The van der Waals surface area contributed by atoms with Crippen LogP contribution in [0.5, 0.6) is 0 Å². The Kier molecular flexibility index (Phi) is 3.88. The van der Waals surface area contributed by atoms with Crippen molar-refractivity contribution in [3.63, 3.8) is 0 Å². The zero-order valence-electron chi connectivity index (χ0n) is 12.3. The van der Waals surface area contributed by atoms with Gasteiger partial charge < -0.3 is 9.88 Å². The third-order valence-electron chi connectivity index (χ3n) is 4.45. The molecule has 3 rings (SSSR count). The summed E-state index contributed by atoms with van der Waals surface area (Å²) in [6.45, 7) is 3.22. The van der Waals surface area contributed by atoms with Gasteiger partial charge in [0, 0.05) is 37.8 Å². The quantitative estimate of drug-likeness (QED) is 0.874. The molecule has 2 unspecified atom stereocenters. The molecule has 2 aromatic rings. The van der Waals surface area contributed by atoms with Crippen LogP contribution in [0.3, 0.4) is 0 Å². The Bertz CT molecular complexity index is 573. The highest BCUT2D eigenvalue weighted by molar-refractivity contribution is 5.41. The smallest absolute Gasteiger partial charge is 0.108 e. The van der Waals surface area contributed by atoms with Crippen molar-refractivity contribution in [3.05, 3.63) is 53.6 Å². The van der Waals surface area contributed by atoms with E-state index in [1.165, 1.54) is 17.8 Å². The summed E-state index contributed by atoms with van der Waals surface area (Å²) >= 11 is 0. The number of imidazole rings is 1. The number of benzene rings is 1. The number of aryl methyl sites for hydroxylation is 2. The van der Waals surface area contributed by atoms with E-state index < -0.39 is 0 Å². The summed E-state index contributed by atoms with van der Waals surface area (Å²) in [5.41, 5.74) is 3.07. The van der Waals surface area contributed by atoms with E-state index in [1.807, 2.05) is 12.4 Å². The van der Waals surface area contributed by atoms with Crippen LogP contribution in [0.25, 0.3) is 0 Å². The third kappa shape index (κ3) is 2.50. The number of rotatable bonds is 6. The molecule has 3 heteroatoms. The molecule has 0 amide bonds. The molecule has 0 spiro atoms. The van der Waals surface area contributed by atoms with Crippen LogP contribution in [-0.2, 0) is 19.9 Å². The number of nitrogens with one attached hydrogen (secondary N) is 1. The fourth-order valence-electron chi connectivity index (χ4n) is 3.29. The Hall–Kier alpha value is -1.61. The highest BCUT2D eigenvalue weighted by Crippen LogP contribution is 2.38. The first-order chi connectivity index (χ1) is 9.79. The van der Waals surface area contributed by atoms with Crippen LogP contribution in [0.4, 0.5) is 0 Å². The molecule has 1 aromatic carbocycles. The summed E-state index contributed by atoms with van der Waals surface area (Å²) < 4.78 is 2.12. The van der Waals surface area contributed by atoms with E-state index in [0.29, 0.717) is 12.0 Å². The number of likely N-dealkylation sites (N-methyl/N-ethyl adjacent to an activating group) is 1. The Morgan fingerprint density at radius 3 is 2.95 bits per heavy atom. The fraction of sp³-hybridized carbons (Fsp3) is 0.471. The maximum atomic E-state index is 4.43. The number of nitrogens with zero attached hydrogens (tertiary/aromatic N) is 2. The Morgan fingerprint density at radius 1 is 1.40 bits per heavy atom. The van der Waals surface area contributed by atoms with E-state index in [0.717, 1.165) is 19.4 Å². The molecule has 0 saturated heterocycles. The number of hydrogen-bond acceptors (Lipinski definition) is 2. The highest BCUT2D eigenvalue weighted by atomic mass is 15.0. The first kappa shape index (κ1) is 13.4. The second kappa shape index (κ2) is 5.80. The molecule has 0 fully saturated rings. The maximum absolute atomic E-state index is 4.43. The topological polar surface area (TPSA) is 29.9 Å². The third-order valence-corrected chi connectivity index (χ3v) is 4.45. The second-order valence-electron chi connectivity index (χ2n) is 5.67. The van der Waals surface area contributed by atoms with Crippen LogP contribution in [0.2, 0.25) is 0 Å². The summed E-state index contributed by atoms with van der Waals surface area (Å²) in [7, 11) is 2.07. The normalized spacial score (nSPS) is 18.4. The summed E-state index contributed by atoms with van der Waals surface area (Å²) in [6.07, 6.45) is 7.32. The average molecular weight is 269 g/mol. The summed E-state index contributed by atoms with van der Waals surface area (Å²) in [6, 6.07) is 9.41. The minimum Gasteiger partial charge on any atom is -0.338 e. The summed E-state index contributed by atoms with van der Waals surface area (Å²) in [5.74, 6) is 1.85. The van der Waals surface area contributed by atoms with Crippen molar-refractivity contribution in [1.29, 1.82) is 0 Å². The number of aromatic nitrogens is 2. The van der Waals surface area contributed by atoms with Gasteiger partial charge in [-0.25, -0.2) is 4.98 Å². The van der Waals surface area contributed by atoms with E-state index >= 15 is 0 Å². The zero-order chi connectivity index (χ0) is 13.9. The number of hydrogen-bond donors (Lipinski definition) is 1. The molecule has 1 aliphatic carbocycles. The molecule has 1 heterocycles. The molecule has 2 atom stereocenters. The largest absolute Gasteiger partial charge is 0.338 e. The molecule has 3 nitrogen and oxygen atoms in total. The van der Waals surface area contributed by atoms with Gasteiger partial charge in [0.05, 0.1) is 0 Å². The maximum Gasteiger partial charge on any atom is 0.108 e. The van der Waals surface area contributed by atoms with E-state index in [9.17, 15) is 0 Å². The van der Waals surface area contributed by atoms with Crippen LogP contribution in [0, 0.1) is 0 Å². The van der Waals surface area contributed by atoms with Gasteiger partial charge in [-0.2, -0.15) is 0 Å². The van der Waals surface area contributed by atoms with Crippen molar-refractivity contribution in [2.45, 2.75) is 38.1 Å². The predicted molar refractivity (Wildman–Crippen MR) is 81.9 cm³/mol. The summed E-state index contributed by atoms with van der Waals surface area (Å²) in [4.78, 5) is 4.43. The lowest BCUT2D eigenvalue weighted by atomic mass is 9.72. The van der Waals surface area contributed by atoms with Crippen molar-refractivity contribution in [2.24, 2.45) is 7.05 Å². The molecule has 0 aliphatic heterocycles. The van der Waals surface area contributed by atoms with Crippen molar-refractivity contribution in [1.82, 2.24) is 14.9 Å². The van der Waals surface area contributed by atoms with Crippen molar-refractivity contribution < 1.29 is 0 Å². The van der Waals surface area contributed by atoms with Gasteiger partial charge in [0.15, 0.2) is 0 Å². The zero-order valence-corrected chi connectivity index (χ0v) is 12.3. The average Bonchev–Trinajstić information content (AvgIpc) is 2.83. The lowest BCUT2D eigenvalue weighted by Crippen LogP contribution is -2.40. The Morgan fingerprint density at radius 2 is 2.25 bits per heavy atom. The first-order valence-electron chi connectivity index (χ1n) is 7.57. The van der Waals surface area contributed by atoms with Gasteiger partial charge in [-0.3, -0.25) is 0 Å². The molecular formula is C17H23N3. The molecule has 0 radical (unpaired) electrons. The van der Waals surface area contributed by atoms with E-state index in [2.05, 4.69) is 53.1 Å². The van der Waals surface area contributed by atoms with Gasteiger partial charge in [-0.15, -0.1) is 0 Å². The molecule has 20 heavy (non-hydrogen) atoms. The fourth-order valence-corrected chi connectivity index (χ4v) is 3.29. The van der Waals surface area contributed by atoms with E-state index in [-0.39, 0.29) is 0 Å². The van der Waals surface area contributed by atoms with Gasteiger partial charge in [0.2, 0.25) is 0 Å². The standard InChI is InChI=1S/C17H23N3/c1-3-18-16(8-9-17-19-10-11-20(17)2)15-12-13-6-4-5-7-14(13)15/h4-7,10-11,15-16,18H,3,8-9,12H2,1-2H3. The lowest BCUT2D eigenvalue weighted by Gasteiger charge is -2.37. The van der Waals surface area contributed by atoms with E-state index in [1.54, 1.807) is 5.56 Å². The van der Waals surface area contributed by atoms with Crippen LogP contribution >= 0.6 is 0 Å². The van der Waals surface area contributed by atoms with Crippen molar-refractivity contribution in [2.75, 3.05) is 6.54 Å². The number of fused-ring (bicyclic) bond motifs is 1. The van der Waals surface area contributed by atoms with Crippen LogP contribution in [-0.4, -0.2) is 22.1 Å². The molecular weight excluding hydrogens is 246 g/mol. The monoisotopic (exact) mass is 269 g/mol. The lowest BCUT2D eigenvalue weighted by molar-refractivity contribution is 0.383. The molecule has 0 saturated carbocycles. The molecule has 106 valence electrons. The minimum atomic E-state index is 0.562. The molecule has 1 aliphatic rings. The van der Waals surface area contributed by atoms with Crippen LogP contribution in [0.1, 0.15) is 36.2 Å². The van der Waals surface area contributed by atoms with Gasteiger partial charge in [-0.1, -0.05) is 31.2 Å². The first-order valence-corrected chi connectivity index (χ1v) is 7.57. The van der Waals surface area contributed by atoms with Gasteiger partial charge in [0.25, 0.3) is 0 Å². The highest BCUT2D eigenvalue weighted by Gasteiger charge is 2.32. The van der Waals surface area contributed by atoms with Crippen LogP contribution in [0.15, 0.2) is 36.7 Å². The van der Waals surface area contributed by atoms with E-state index in [4.69, 9.17) is 0 Å². The Labute approximate surface area is 121 Å². The second-order valence-corrected chi connectivity index (χ2v) is 5.67. The van der Waals surface area contributed by atoms with Crippen LogP contribution < -0.4 is 5.32 Å². The minimum absolute atomic E-state index is 0.562. The van der Waals surface area contributed by atoms with Gasteiger partial charge >= 0.3 is 0 Å². The van der Waals surface area contributed by atoms with Gasteiger partial charge in [-0.05, 0) is 30.5 Å². The SMILES string of the molecule is CCNC(CCc1nccn1C)C1Cc2ccccc21. The summed E-state index contributed by atoms with van der Waals surface area (Å²) in [5, 5.41) is 3.67. The molecule has 0 bridgehead atoms. The van der Waals surface area contributed by atoms with Crippen molar-refractivity contribution in [3.8, 4) is 0 Å². The molecule has 1 N–H and O–H groups in total. The molecule has 1 aromatic heterocycles. The van der Waals surface area contributed by atoms with Gasteiger partial charge in [0.1, 0.15) is 5.82 Å². The van der Waals surface area contributed by atoms with Crippen molar-refractivity contribution >= 4 is 0 Å². The Balaban J connectivity index is 1.67.